The number of hydrogen-bond donors (Lipinski definition) is 1. The first-order valence-corrected chi connectivity index (χ1v) is 7.93. The molecule has 1 N–H and O–H groups in total. The van der Waals surface area contributed by atoms with Gasteiger partial charge < -0.3 is 9.67 Å². The van der Waals surface area contributed by atoms with Gasteiger partial charge in [-0.3, -0.25) is 0 Å². The van der Waals surface area contributed by atoms with Crippen LogP contribution in [0.1, 0.15) is 32.0 Å². The van der Waals surface area contributed by atoms with Crippen LogP contribution in [0.4, 0.5) is 0 Å². The van der Waals surface area contributed by atoms with Crippen LogP contribution in [-0.4, -0.2) is 20.4 Å². The molecule has 20 heavy (non-hydrogen) atoms. The molecule has 0 saturated carbocycles. The molecule has 0 aliphatic carbocycles. The number of nitrogens with zero attached hydrogens (tertiary/aromatic N) is 2. The van der Waals surface area contributed by atoms with E-state index in [0.717, 1.165) is 34.4 Å². The van der Waals surface area contributed by atoms with Gasteiger partial charge in [-0.15, -0.1) is 0 Å². The molecule has 3 rings (SSSR count). The molecule has 1 aromatic heterocycles. The van der Waals surface area contributed by atoms with Gasteiger partial charge in [-0.25, -0.2) is 4.98 Å². The lowest BCUT2D eigenvalue weighted by atomic mass is 9.86. The minimum atomic E-state index is 0.0456. The Kier molecular flexibility index (Phi) is 3.38. The predicted octanol–water partition coefficient (Wildman–Crippen LogP) is 3.45. The molecule has 0 amide bonds. The minimum Gasteiger partial charge on any atom is -0.390 e. The van der Waals surface area contributed by atoms with E-state index in [1.54, 1.807) is 11.8 Å². The van der Waals surface area contributed by atoms with Gasteiger partial charge in [-0.2, -0.15) is 0 Å². The quantitative estimate of drug-likeness (QED) is 0.920. The van der Waals surface area contributed by atoms with Gasteiger partial charge in [0.25, 0.3) is 0 Å². The van der Waals surface area contributed by atoms with Gasteiger partial charge in [0.05, 0.1) is 18.0 Å². The Bertz CT molecular complexity index is 623. The Hall–Kier alpha value is -1.26. The largest absolute Gasteiger partial charge is 0.390 e. The minimum absolute atomic E-state index is 0.0456. The molecule has 3 nitrogen and oxygen atoms in total. The maximum Gasteiger partial charge on any atom is 0.168 e. The van der Waals surface area contributed by atoms with Crippen LogP contribution in [0, 0.1) is 0 Å². The third-order valence-corrected chi connectivity index (χ3v) is 4.71. The monoisotopic (exact) mass is 288 g/mol. The molecule has 0 atom stereocenters. The number of hydrogen-bond acceptors (Lipinski definition) is 3. The zero-order valence-electron chi connectivity index (χ0n) is 12.2. The van der Waals surface area contributed by atoms with Crippen molar-refractivity contribution in [2.24, 2.45) is 0 Å². The molecule has 1 aliphatic heterocycles. The standard InChI is InChI=1S/C16H20N2OS/c1-16(2,3)12-6-4-11(5-7-12)14-13(10-19)18-8-9-20-15(18)17-14/h4-7,19H,8-10H2,1-3H3. The van der Waals surface area contributed by atoms with Crippen molar-refractivity contribution in [3.8, 4) is 11.3 Å². The van der Waals surface area contributed by atoms with E-state index in [1.165, 1.54) is 5.56 Å². The summed E-state index contributed by atoms with van der Waals surface area (Å²) in [5.41, 5.74) is 4.42. The van der Waals surface area contributed by atoms with Gasteiger partial charge >= 0.3 is 0 Å². The van der Waals surface area contributed by atoms with E-state index in [9.17, 15) is 5.11 Å². The fraction of sp³-hybridized carbons (Fsp3) is 0.438. The Morgan fingerprint density at radius 3 is 2.55 bits per heavy atom. The van der Waals surface area contributed by atoms with E-state index in [1.807, 2.05) is 0 Å². The first-order chi connectivity index (χ1) is 9.50. The van der Waals surface area contributed by atoms with Crippen molar-refractivity contribution in [3.05, 3.63) is 35.5 Å². The van der Waals surface area contributed by atoms with Gasteiger partial charge in [0.2, 0.25) is 0 Å². The average Bonchev–Trinajstić information content (AvgIpc) is 2.97. The van der Waals surface area contributed by atoms with Crippen molar-refractivity contribution in [2.45, 2.75) is 44.5 Å². The molecule has 0 radical (unpaired) electrons. The number of benzene rings is 1. The van der Waals surface area contributed by atoms with E-state index < -0.39 is 0 Å². The zero-order valence-corrected chi connectivity index (χ0v) is 13.0. The Balaban J connectivity index is 2.02. The fourth-order valence-corrected chi connectivity index (χ4v) is 3.52. The van der Waals surface area contributed by atoms with Gasteiger partial charge in [0.1, 0.15) is 0 Å². The topological polar surface area (TPSA) is 38.0 Å². The highest BCUT2D eigenvalue weighted by Gasteiger charge is 2.22. The molecule has 0 fully saturated rings. The Morgan fingerprint density at radius 1 is 1.25 bits per heavy atom. The normalized spacial score (nSPS) is 14.6. The number of imidazole rings is 1. The van der Waals surface area contributed by atoms with Crippen molar-refractivity contribution in [2.75, 3.05) is 5.75 Å². The van der Waals surface area contributed by atoms with E-state index >= 15 is 0 Å². The van der Waals surface area contributed by atoms with Crippen molar-refractivity contribution in [3.63, 3.8) is 0 Å². The summed E-state index contributed by atoms with van der Waals surface area (Å²) in [5, 5.41) is 10.7. The summed E-state index contributed by atoms with van der Waals surface area (Å²) in [4.78, 5) is 4.69. The molecular formula is C16H20N2OS. The number of aliphatic hydroxyl groups excluding tert-OH is 1. The van der Waals surface area contributed by atoms with Crippen molar-refractivity contribution in [1.82, 2.24) is 9.55 Å². The molecule has 2 aromatic rings. The molecule has 106 valence electrons. The van der Waals surface area contributed by atoms with Crippen LogP contribution < -0.4 is 0 Å². The summed E-state index contributed by atoms with van der Waals surface area (Å²) in [6, 6.07) is 8.55. The highest BCUT2D eigenvalue weighted by atomic mass is 32.2. The van der Waals surface area contributed by atoms with Gasteiger partial charge in [0, 0.05) is 17.9 Å². The van der Waals surface area contributed by atoms with Crippen molar-refractivity contribution < 1.29 is 5.11 Å². The first kappa shape index (κ1) is 13.7. The highest BCUT2D eigenvalue weighted by Crippen LogP contribution is 2.34. The molecule has 0 saturated heterocycles. The molecule has 4 heteroatoms. The van der Waals surface area contributed by atoms with Gasteiger partial charge in [-0.1, -0.05) is 56.8 Å². The van der Waals surface area contributed by atoms with E-state index in [2.05, 4.69) is 54.6 Å². The predicted molar refractivity (Wildman–Crippen MR) is 83.0 cm³/mol. The molecule has 0 bridgehead atoms. The summed E-state index contributed by atoms with van der Waals surface area (Å²) in [6.45, 7) is 7.63. The maximum absolute atomic E-state index is 9.65. The van der Waals surface area contributed by atoms with Crippen molar-refractivity contribution in [1.29, 1.82) is 0 Å². The fourth-order valence-electron chi connectivity index (χ4n) is 2.55. The molecule has 1 aliphatic rings. The SMILES string of the molecule is CC(C)(C)c1ccc(-c2nc3n(c2CO)CCS3)cc1. The van der Waals surface area contributed by atoms with Crippen LogP contribution >= 0.6 is 11.8 Å². The maximum atomic E-state index is 9.65. The van der Waals surface area contributed by atoms with Crippen LogP contribution in [0.2, 0.25) is 0 Å². The lowest BCUT2D eigenvalue weighted by Crippen LogP contribution is -2.10. The second-order valence-corrected chi connectivity index (χ2v) is 7.24. The molecule has 2 heterocycles. The Labute approximate surface area is 124 Å². The third kappa shape index (κ3) is 2.27. The van der Waals surface area contributed by atoms with E-state index in [-0.39, 0.29) is 12.0 Å². The molecule has 0 spiro atoms. The summed E-state index contributed by atoms with van der Waals surface area (Å²) in [6.07, 6.45) is 0. The summed E-state index contributed by atoms with van der Waals surface area (Å²) in [5.74, 6) is 1.05. The summed E-state index contributed by atoms with van der Waals surface area (Å²) < 4.78 is 2.14. The zero-order chi connectivity index (χ0) is 14.3. The molecule has 1 aromatic carbocycles. The molecule has 0 unspecified atom stereocenters. The number of aromatic nitrogens is 2. The smallest absolute Gasteiger partial charge is 0.168 e. The highest BCUT2D eigenvalue weighted by molar-refractivity contribution is 7.99. The lowest BCUT2D eigenvalue weighted by Gasteiger charge is -2.19. The van der Waals surface area contributed by atoms with Crippen LogP contribution in [-0.2, 0) is 18.6 Å². The first-order valence-electron chi connectivity index (χ1n) is 6.94. The number of aliphatic hydroxyl groups is 1. The average molecular weight is 288 g/mol. The third-order valence-electron chi connectivity index (χ3n) is 3.76. The van der Waals surface area contributed by atoms with Crippen LogP contribution in [0.3, 0.4) is 0 Å². The summed E-state index contributed by atoms with van der Waals surface area (Å²) >= 11 is 1.76. The van der Waals surface area contributed by atoms with Crippen LogP contribution in [0.5, 0.6) is 0 Å². The van der Waals surface area contributed by atoms with Gasteiger partial charge in [-0.05, 0) is 11.0 Å². The number of thioether (sulfide) groups is 1. The molecular weight excluding hydrogens is 268 g/mol. The number of rotatable bonds is 2. The summed E-state index contributed by atoms with van der Waals surface area (Å²) in [7, 11) is 0. The number of fused-ring (bicyclic) bond motifs is 1. The van der Waals surface area contributed by atoms with Crippen LogP contribution in [0.15, 0.2) is 29.4 Å². The van der Waals surface area contributed by atoms with Crippen molar-refractivity contribution >= 4 is 11.8 Å². The van der Waals surface area contributed by atoms with E-state index in [4.69, 9.17) is 0 Å². The lowest BCUT2D eigenvalue weighted by molar-refractivity contribution is 0.271. The van der Waals surface area contributed by atoms with Crippen LogP contribution in [0.25, 0.3) is 11.3 Å². The van der Waals surface area contributed by atoms with E-state index in [0.29, 0.717) is 0 Å². The second kappa shape index (κ2) is 4.93. The Morgan fingerprint density at radius 2 is 1.95 bits per heavy atom. The van der Waals surface area contributed by atoms with Gasteiger partial charge in [0.15, 0.2) is 5.16 Å². The second-order valence-electron chi connectivity index (χ2n) is 6.18.